The normalized spacial score (nSPS) is 16.7. The number of anilines is 1. The van der Waals surface area contributed by atoms with Crippen LogP contribution in [0.5, 0.6) is 0 Å². The van der Waals surface area contributed by atoms with Crippen LogP contribution in [-0.4, -0.2) is 54.0 Å². The van der Waals surface area contributed by atoms with Crippen LogP contribution in [0.25, 0.3) is 0 Å². The first-order valence-corrected chi connectivity index (χ1v) is 9.76. The van der Waals surface area contributed by atoms with Gasteiger partial charge in [0.05, 0.1) is 25.3 Å². The summed E-state index contributed by atoms with van der Waals surface area (Å²) in [7, 11) is 1.81. The average Bonchev–Trinajstić information content (AvgIpc) is 3.44. The Labute approximate surface area is 179 Å². The summed E-state index contributed by atoms with van der Waals surface area (Å²) in [6.07, 6.45) is -0.386. The molecule has 1 amide bonds. The number of nitrogens with one attached hydrogen (secondary N) is 3. The molecule has 0 aliphatic carbocycles. The first-order chi connectivity index (χ1) is 15.2. The van der Waals surface area contributed by atoms with Gasteiger partial charge in [-0.2, -0.15) is 0 Å². The van der Waals surface area contributed by atoms with E-state index in [1.165, 1.54) is 0 Å². The Morgan fingerprint density at radius 1 is 1.23 bits per heavy atom. The highest BCUT2D eigenvalue weighted by molar-refractivity contribution is 6.47. The molecule has 0 radical (unpaired) electrons. The number of carbonyl (C=O) groups is 1. The number of oxime groups is 1. The van der Waals surface area contributed by atoms with Gasteiger partial charge in [-0.05, 0) is 12.1 Å². The second kappa shape index (κ2) is 9.98. The predicted molar refractivity (Wildman–Crippen MR) is 112 cm³/mol. The Hall–Kier alpha value is -3.54. The maximum Gasteiger partial charge on any atom is 0.230 e. The van der Waals surface area contributed by atoms with Gasteiger partial charge in [0.15, 0.2) is 24.4 Å². The second-order valence-corrected chi connectivity index (χ2v) is 6.73. The minimum atomic E-state index is -0.502. The van der Waals surface area contributed by atoms with Gasteiger partial charge in [-0.25, -0.2) is 10.5 Å². The Balaban J connectivity index is 1.40. The zero-order chi connectivity index (χ0) is 21.5. The van der Waals surface area contributed by atoms with Gasteiger partial charge in [-0.1, -0.05) is 41.6 Å². The largest absolute Gasteiger partial charge is 0.389 e. The van der Waals surface area contributed by atoms with Crippen molar-refractivity contribution < 1.29 is 19.1 Å². The highest BCUT2D eigenvalue weighted by Gasteiger charge is 2.22. The Morgan fingerprint density at radius 2 is 2.03 bits per heavy atom. The fourth-order valence-corrected chi connectivity index (χ4v) is 2.97. The average molecular weight is 425 g/mol. The molecule has 0 atom stereocenters. The van der Waals surface area contributed by atoms with Crippen molar-refractivity contribution >= 4 is 23.3 Å². The zero-order valence-electron chi connectivity index (χ0n) is 16.9. The minimum absolute atomic E-state index is 0.116. The fourth-order valence-electron chi connectivity index (χ4n) is 2.97. The molecular formula is C20H23N7O4. The standard InChI is InChI=1S/C20H23N7O4/c1-27-20(23-25-26-27)19(14-6-3-2-4-7-14)24-31-13-15-8-5-9-16(21-15)22-17(28)12-18-29-10-11-30-18/h2-9,18,25-26H,10-13H2,1H3,(H,21,22,28)/b24-19-. The van der Waals surface area contributed by atoms with E-state index >= 15 is 0 Å². The summed E-state index contributed by atoms with van der Waals surface area (Å²) in [5, 5.41) is 12.9. The first kappa shape index (κ1) is 20.7. The highest BCUT2D eigenvalue weighted by atomic mass is 16.7. The maximum atomic E-state index is 12.1. The lowest BCUT2D eigenvalue weighted by molar-refractivity contribution is -0.124. The van der Waals surface area contributed by atoms with Crippen LogP contribution in [0.4, 0.5) is 5.82 Å². The SMILES string of the molecule is CN1NNN=C1/C(=N\OCc1cccc(NC(=O)CC2OCCO2)n1)c1ccccc1. The molecule has 1 saturated heterocycles. The number of hydrogen-bond acceptors (Lipinski definition) is 10. The molecule has 3 N–H and O–H groups in total. The topological polar surface area (TPSA) is 122 Å². The summed E-state index contributed by atoms with van der Waals surface area (Å²) in [5.41, 5.74) is 7.56. The molecule has 0 bridgehead atoms. The molecule has 0 unspecified atom stereocenters. The molecule has 11 heteroatoms. The third kappa shape index (κ3) is 5.54. The third-order valence-electron chi connectivity index (χ3n) is 4.44. The highest BCUT2D eigenvalue weighted by Crippen LogP contribution is 2.12. The molecule has 4 rings (SSSR count). The van der Waals surface area contributed by atoms with E-state index in [2.05, 4.69) is 31.6 Å². The number of hydrazine groups is 2. The van der Waals surface area contributed by atoms with Crippen molar-refractivity contribution in [3.05, 3.63) is 59.8 Å². The molecule has 2 aliphatic heterocycles. The van der Waals surface area contributed by atoms with Crippen molar-refractivity contribution in [2.24, 2.45) is 10.3 Å². The van der Waals surface area contributed by atoms with E-state index in [0.717, 1.165) is 5.56 Å². The number of aromatic nitrogens is 1. The van der Waals surface area contributed by atoms with E-state index in [9.17, 15) is 4.79 Å². The van der Waals surface area contributed by atoms with Gasteiger partial charge in [0.25, 0.3) is 0 Å². The number of amides is 1. The van der Waals surface area contributed by atoms with E-state index in [1.54, 1.807) is 23.2 Å². The Morgan fingerprint density at radius 3 is 2.77 bits per heavy atom. The lowest BCUT2D eigenvalue weighted by Crippen LogP contribution is -2.40. The Bertz CT molecular complexity index is 961. The number of nitrogens with zero attached hydrogens (tertiary/aromatic N) is 4. The molecular weight excluding hydrogens is 402 g/mol. The van der Waals surface area contributed by atoms with Gasteiger partial charge in [-0.15, -0.1) is 10.6 Å². The van der Waals surface area contributed by atoms with Crippen LogP contribution in [0, 0.1) is 0 Å². The number of ether oxygens (including phenoxy) is 2. The molecule has 11 nitrogen and oxygen atoms in total. The third-order valence-corrected chi connectivity index (χ3v) is 4.44. The molecule has 162 valence electrons. The van der Waals surface area contributed by atoms with Crippen molar-refractivity contribution in [1.82, 2.24) is 21.1 Å². The van der Waals surface area contributed by atoms with E-state index in [0.29, 0.717) is 36.3 Å². The number of pyridine rings is 1. The van der Waals surface area contributed by atoms with Crippen molar-refractivity contribution in [3.8, 4) is 0 Å². The van der Waals surface area contributed by atoms with Gasteiger partial charge in [-0.3, -0.25) is 9.80 Å². The van der Waals surface area contributed by atoms with Crippen LogP contribution in [0.15, 0.2) is 58.8 Å². The van der Waals surface area contributed by atoms with E-state index < -0.39 is 6.29 Å². The molecule has 2 aromatic rings. The smallest absolute Gasteiger partial charge is 0.230 e. The van der Waals surface area contributed by atoms with Crippen LogP contribution in [0.2, 0.25) is 0 Å². The quantitative estimate of drug-likeness (QED) is 0.423. The number of hydrogen-bond donors (Lipinski definition) is 3. The second-order valence-electron chi connectivity index (χ2n) is 6.73. The summed E-state index contributed by atoms with van der Waals surface area (Å²) in [6.45, 7) is 1.12. The van der Waals surface area contributed by atoms with Crippen LogP contribution in [0.3, 0.4) is 0 Å². The van der Waals surface area contributed by atoms with Gasteiger partial charge in [0.1, 0.15) is 5.82 Å². The number of likely N-dealkylation sites (N-methyl/N-ethyl adjacent to an activating group) is 1. The lowest BCUT2D eigenvalue weighted by Gasteiger charge is -2.14. The number of amidine groups is 1. The van der Waals surface area contributed by atoms with Crippen molar-refractivity contribution in [2.45, 2.75) is 19.3 Å². The summed E-state index contributed by atoms with van der Waals surface area (Å²) in [4.78, 5) is 22.1. The summed E-state index contributed by atoms with van der Waals surface area (Å²) < 4.78 is 10.6. The summed E-state index contributed by atoms with van der Waals surface area (Å²) in [5.74, 6) is 0.769. The van der Waals surface area contributed by atoms with E-state index in [4.69, 9.17) is 14.3 Å². The van der Waals surface area contributed by atoms with Crippen molar-refractivity contribution in [2.75, 3.05) is 25.6 Å². The van der Waals surface area contributed by atoms with Crippen LogP contribution in [-0.2, 0) is 25.7 Å². The van der Waals surface area contributed by atoms with E-state index in [1.807, 2.05) is 37.4 Å². The molecule has 1 aromatic carbocycles. The molecule has 0 saturated carbocycles. The predicted octanol–water partition coefficient (Wildman–Crippen LogP) is 0.972. The van der Waals surface area contributed by atoms with Crippen LogP contribution >= 0.6 is 0 Å². The van der Waals surface area contributed by atoms with Crippen molar-refractivity contribution in [3.63, 3.8) is 0 Å². The fraction of sp³-hybridized carbons (Fsp3) is 0.300. The summed E-state index contributed by atoms with van der Waals surface area (Å²) >= 11 is 0. The van der Waals surface area contributed by atoms with E-state index in [-0.39, 0.29) is 18.9 Å². The molecule has 0 spiro atoms. The number of hydrazone groups is 1. The number of benzene rings is 1. The monoisotopic (exact) mass is 425 g/mol. The van der Waals surface area contributed by atoms with Crippen LogP contribution < -0.4 is 16.4 Å². The van der Waals surface area contributed by atoms with Gasteiger partial charge in [0.2, 0.25) is 5.91 Å². The van der Waals surface area contributed by atoms with Gasteiger partial charge < -0.3 is 19.6 Å². The summed E-state index contributed by atoms with van der Waals surface area (Å²) in [6, 6.07) is 14.9. The van der Waals surface area contributed by atoms with Gasteiger partial charge >= 0.3 is 0 Å². The molecule has 3 heterocycles. The molecule has 31 heavy (non-hydrogen) atoms. The zero-order valence-corrected chi connectivity index (χ0v) is 16.9. The first-order valence-electron chi connectivity index (χ1n) is 9.76. The molecule has 2 aliphatic rings. The maximum absolute atomic E-state index is 12.1. The van der Waals surface area contributed by atoms with Crippen molar-refractivity contribution in [1.29, 1.82) is 0 Å². The number of carbonyl (C=O) groups excluding carboxylic acids is 1. The molecule has 1 aromatic heterocycles. The molecule has 1 fully saturated rings. The Kier molecular flexibility index (Phi) is 6.67. The number of rotatable bonds is 8. The van der Waals surface area contributed by atoms with Gasteiger partial charge in [0, 0.05) is 12.6 Å². The van der Waals surface area contributed by atoms with Crippen LogP contribution in [0.1, 0.15) is 17.7 Å². The lowest BCUT2D eigenvalue weighted by atomic mass is 10.1. The minimum Gasteiger partial charge on any atom is -0.389 e.